The Morgan fingerprint density at radius 2 is 2.35 bits per heavy atom. The molecule has 0 spiro atoms. The molecule has 0 aromatic heterocycles. The lowest BCUT2D eigenvalue weighted by Gasteiger charge is -2.22. The number of ether oxygens (including phenoxy) is 2. The molecule has 3 N–H and O–H groups in total. The number of benzene rings is 1. The minimum absolute atomic E-state index is 0.221. The van der Waals surface area contributed by atoms with Crippen LogP contribution in [0.2, 0.25) is 0 Å². The molecule has 2 rings (SSSR count). The number of hydrogen-bond donors (Lipinski definition) is 2. The minimum atomic E-state index is -1.02. The van der Waals surface area contributed by atoms with E-state index in [0.29, 0.717) is 6.61 Å². The third-order valence-electron chi connectivity index (χ3n) is 2.62. The van der Waals surface area contributed by atoms with Gasteiger partial charge < -0.3 is 20.3 Å². The number of carboxylic acid groups (broad SMARTS) is 1. The number of carbonyl (C=O) groups is 1. The lowest BCUT2D eigenvalue weighted by atomic mass is 10.00. The van der Waals surface area contributed by atoms with Crippen LogP contribution in [0.1, 0.15) is 11.1 Å². The molecule has 1 aromatic rings. The predicted molar refractivity (Wildman–Crippen MR) is 63.7 cm³/mol. The van der Waals surface area contributed by atoms with Gasteiger partial charge in [-0.1, -0.05) is 15.9 Å². The van der Waals surface area contributed by atoms with Gasteiger partial charge in [-0.05, 0) is 24.1 Å². The fourth-order valence-corrected chi connectivity index (χ4v) is 2.25. The maximum Gasteiger partial charge on any atom is 0.320 e. The van der Waals surface area contributed by atoms with Gasteiger partial charge in [0.1, 0.15) is 11.8 Å². The highest BCUT2D eigenvalue weighted by atomic mass is 79.9. The molecule has 1 atom stereocenters. The van der Waals surface area contributed by atoms with Crippen molar-refractivity contribution in [1.82, 2.24) is 0 Å². The summed E-state index contributed by atoms with van der Waals surface area (Å²) >= 11 is 3.39. The lowest BCUT2D eigenvalue weighted by Crippen LogP contribution is -2.33. The zero-order chi connectivity index (χ0) is 12.4. The lowest BCUT2D eigenvalue weighted by molar-refractivity contribution is -0.138. The van der Waals surface area contributed by atoms with Crippen molar-refractivity contribution in [3.8, 4) is 5.75 Å². The van der Waals surface area contributed by atoms with Crippen LogP contribution >= 0.6 is 15.9 Å². The molecule has 0 bridgehead atoms. The zero-order valence-corrected chi connectivity index (χ0v) is 10.6. The van der Waals surface area contributed by atoms with Gasteiger partial charge in [0.15, 0.2) is 6.79 Å². The highest BCUT2D eigenvalue weighted by molar-refractivity contribution is 9.10. The summed E-state index contributed by atoms with van der Waals surface area (Å²) < 4.78 is 11.4. The minimum Gasteiger partial charge on any atom is -0.480 e. The van der Waals surface area contributed by atoms with E-state index in [2.05, 4.69) is 15.9 Å². The first-order valence-corrected chi connectivity index (χ1v) is 5.88. The van der Waals surface area contributed by atoms with Gasteiger partial charge in [-0.2, -0.15) is 0 Å². The summed E-state index contributed by atoms with van der Waals surface area (Å²) in [6.07, 6.45) is 0.242. The molecule has 0 saturated carbocycles. The first-order chi connectivity index (χ1) is 8.09. The predicted octanol–water partition coefficient (Wildman–Crippen LogP) is 1.27. The van der Waals surface area contributed by atoms with Crippen LogP contribution in [0.3, 0.4) is 0 Å². The second-order valence-electron chi connectivity index (χ2n) is 3.76. The summed E-state index contributed by atoms with van der Waals surface area (Å²) in [7, 11) is 0. The summed E-state index contributed by atoms with van der Waals surface area (Å²) in [6, 6.07) is 2.73. The van der Waals surface area contributed by atoms with E-state index in [9.17, 15) is 4.79 Å². The molecule has 0 saturated heterocycles. The highest BCUT2D eigenvalue weighted by Crippen LogP contribution is 2.32. The Balaban J connectivity index is 2.34. The molecule has 92 valence electrons. The van der Waals surface area contributed by atoms with Crippen molar-refractivity contribution in [1.29, 1.82) is 0 Å². The molecule has 6 heteroatoms. The summed E-state index contributed by atoms with van der Waals surface area (Å²) in [6.45, 7) is 0.634. The van der Waals surface area contributed by atoms with Crippen molar-refractivity contribution in [2.75, 3.05) is 6.79 Å². The molecule has 5 nitrogen and oxygen atoms in total. The van der Waals surface area contributed by atoms with Crippen molar-refractivity contribution in [3.05, 3.63) is 27.7 Å². The Morgan fingerprint density at radius 3 is 3.06 bits per heavy atom. The molecule has 1 aromatic carbocycles. The molecule has 0 radical (unpaired) electrons. The van der Waals surface area contributed by atoms with Gasteiger partial charge >= 0.3 is 5.97 Å². The van der Waals surface area contributed by atoms with Crippen molar-refractivity contribution in [2.24, 2.45) is 5.73 Å². The summed E-state index contributed by atoms with van der Waals surface area (Å²) in [5.74, 6) is -0.292. The maximum atomic E-state index is 10.8. The topological polar surface area (TPSA) is 81.8 Å². The third kappa shape index (κ3) is 2.59. The van der Waals surface area contributed by atoms with E-state index < -0.39 is 12.0 Å². The van der Waals surface area contributed by atoms with Gasteiger partial charge in [0.25, 0.3) is 0 Å². The number of halogens is 1. The molecule has 1 unspecified atom stereocenters. The van der Waals surface area contributed by atoms with Crippen LogP contribution in [0, 0.1) is 0 Å². The Kier molecular flexibility index (Phi) is 3.66. The second-order valence-corrected chi connectivity index (χ2v) is 4.62. The van der Waals surface area contributed by atoms with E-state index >= 15 is 0 Å². The van der Waals surface area contributed by atoms with Gasteiger partial charge in [-0.3, -0.25) is 4.79 Å². The molecule has 0 fully saturated rings. The highest BCUT2D eigenvalue weighted by Gasteiger charge is 2.21. The standard InChI is InChI=1S/C11H12BrNO4/c12-8-1-2-10-7(4-16-5-17-10)6(8)3-9(13)11(14)15/h1-2,9H,3-5,13H2,(H,14,15). The zero-order valence-electron chi connectivity index (χ0n) is 8.98. The fraction of sp³-hybridized carbons (Fsp3) is 0.364. The van der Waals surface area contributed by atoms with E-state index in [1.807, 2.05) is 12.1 Å². The number of nitrogens with two attached hydrogens (primary N) is 1. The molecule has 1 aliphatic rings. The van der Waals surface area contributed by atoms with Crippen molar-refractivity contribution >= 4 is 21.9 Å². The number of carboxylic acids is 1. The van der Waals surface area contributed by atoms with Crippen LogP contribution in [0.5, 0.6) is 5.75 Å². The summed E-state index contributed by atoms with van der Waals surface area (Å²) in [4.78, 5) is 10.8. The summed E-state index contributed by atoms with van der Waals surface area (Å²) in [5.41, 5.74) is 7.24. The maximum absolute atomic E-state index is 10.8. The van der Waals surface area contributed by atoms with E-state index in [1.54, 1.807) is 0 Å². The monoisotopic (exact) mass is 301 g/mol. The number of fused-ring (bicyclic) bond motifs is 1. The Bertz CT molecular complexity index is 449. The number of rotatable bonds is 3. The van der Waals surface area contributed by atoms with Gasteiger partial charge in [0.05, 0.1) is 6.61 Å². The molecule has 0 amide bonds. The third-order valence-corrected chi connectivity index (χ3v) is 3.36. The van der Waals surface area contributed by atoms with Crippen LogP contribution in [0.4, 0.5) is 0 Å². The fourth-order valence-electron chi connectivity index (χ4n) is 1.71. The van der Waals surface area contributed by atoms with Crippen molar-refractivity contribution < 1.29 is 19.4 Å². The van der Waals surface area contributed by atoms with E-state index in [-0.39, 0.29) is 13.2 Å². The van der Waals surface area contributed by atoms with Crippen molar-refractivity contribution in [3.63, 3.8) is 0 Å². The summed E-state index contributed by atoms with van der Waals surface area (Å²) in [5, 5.41) is 8.84. The molecule has 17 heavy (non-hydrogen) atoms. The van der Waals surface area contributed by atoms with Crippen LogP contribution in [0.15, 0.2) is 16.6 Å². The quantitative estimate of drug-likeness (QED) is 0.878. The van der Waals surface area contributed by atoms with E-state index in [0.717, 1.165) is 21.3 Å². The van der Waals surface area contributed by atoms with Crippen LogP contribution in [-0.4, -0.2) is 23.9 Å². The number of hydrogen-bond acceptors (Lipinski definition) is 4. The Labute approximate surface area is 107 Å². The first-order valence-electron chi connectivity index (χ1n) is 5.08. The smallest absolute Gasteiger partial charge is 0.320 e. The van der Waals surface area contributed by atoms with Crippen LogP contribution < -0.4 is 10.5 Å². The molecule has 1 aliphatic heterocycles. The van der Waals surface area contributed by atoms with E-state index in [1.165, 1.54) is 0 Å². The average Bonchev–Trinajstić information content (AvgIpc) is 2.32. The average molecular weight is 302 g/mol. The van der Waals surface area contributed by atoms with Crippen molar-refractivity contribution in [2.45, 2.75) is 19.1 Å². The molecular weight excluding hydrogens is 290 g/mol. The van der Waals surface area contributed by atoms with Crippen LogP contribution in [0.25, 0.3) is 0 Å². The van der Waals surface area contributed by atoms with Gasteiger partial charge in [-0.25, -0.2) is 0 Å². The second kappa shape index (κ2) is 5.03. The SMILES string of the molecule is NC(Cc1c(Br)ccc2c1COCO2)C(=O)O. The Hall–Kier alpha value is -1.11. The van der Waals surface area contributed by atoms with Gasteiger partial charge in [-0.15, -0.1) is 0 Å². The Morgan fingerprint density at radius 1 is 1.59 bits per heavy atom. The molecular formula is C11H12BrNO4. The largest absolute Gasteiger partial charge is 0.480 e. The molecule has 0 aliphatic carbocycles. The first kappa shape index (κ1) is 12.3. The normalized spacial score (nSPS) is 15.9. The number of aliphatic carboxylic acids is 1. The van der Waals surface area contributed by atoms with Gasteiger partial charge in [0.2, 0.25) is 0 Å². The molecule has 1 heterocycles. The van der Waals surface area contributed by atoms with E-state index in [4.69, 9.17) is 20.3 Å². The van der Waals surface area contributed by atoms with Gasteiger partial charge in [0, 0.05) is 10.0 Å². The van der Waals surface area contributed by atoms with Crippen LogP contribution in [-0.2, 0) is 22.6 Å².